The van der Waals surface area contributed by atoms with Gasteiger partial charge in [0.15, 0.2) is 0 Å². The Balaban J connectivity index is 2.62. The first kappa shape index (κ1) is 8.60. The number of hydrogen-bond donors (Lipinski definition) is 0. The molecule has 74 valence electrons. The number of aryl methyl sites for hydroxylation is 1. The van der Waals surface area contributed by atoms with Gasteiger partial charge in [-0.1, -0.05) is 47.7 Å². The van der Waals surface area contributed by atoms with Gasteiger partial charge in [0.2, 0.25) is 0 Å². The fourth-order valence-corrected chi connectivity index (χ4v) is 2.49. The zero-order valence-electron chi connectivity index (χ0n) is 8.83. The Bertz CT molecular complexity index is 561. The summed E-state index contributed by atoms with van der Waals surface area (Å²) in [5, 5.41) is 5.62. The molecule has 0 radical (unpaired) electrons. The third-order valence-electron chi connectivity index (χ3n) is 3.15. The highest BCUT2D eigenvalue weighted by molar-refractivity contribution is 6.14. The van der Waals surface area contributed by atoms with Crippen LogP contribution in [0.1, 0.15) is 12.5 Å². The molecule has 0 amide bonds. The van der Waals surface area contributed by atoms with Gasteiger partial charge in [0.25, 0.3) is 0 Å². The van der Waals surface area contributed by atoms with Gasteiger partial charge in [0.1, 0.15) is 0 Å². The van der Waals surface area contributed by atoms with Gasteiger partial charge in [0.05, 0.1) is 0 Å². The van der Waals surface area contributed by atoms with Crippen LogP contribution in [0.4, 0.5) is 0 Å². The fourth-order valence-electron chi connectivity index (χ4n) is 2.49. The summed E-state index contributed by atoms with van der Waals surface area (Å²) in [6, 6.07) is 17.4. The molecule has 0 unspecified atom stereocenters. The van der Waals surface area contributed by atoms with E-state index in [1.165, 1.54) is 27.1 Å². The van der Waals surface area contributed by atoms with Crippen LogP contribution in [0.15, 0.2) is 48.5 Å². The smallest absolute Gasteiger partial charge is 0.0586 e. The van der Waals surface area contributed by atoms with Crippen LogP contribution in [0.3, 0.4) is 0 Å². The lowest BCUT2D eigenvalue weighted by Gasteiger charge is -2.01. The van der Waals surface area contributed by atoms with Gasteiger partial charge in [-0.15, -0.1) is 41.3 Å². The minimum absolute atomic E-state index is 1.11. The fraction of sp³-hybridized carbons (Fsp3) is 0.133. The lowest BCUT2D eigenvalue weighted by atomic mass is 10.1. The molecule has 3 rings (SSSR count). The van der Waals surface area contributed by atoms with Gasteiger partial charge in [0, 0.05) is 0 Å². The zero-order valence-corrected chi connectivity index (χ0v) is 8.83. The highest BCUT2D eigenvalue weighted by atomic mass is 14.1. The first-order valence-electron chi connectivity index (χ1n) is 5.47. The topological polar surface area (TPSA) is 0 Å². The summed E-state index contributed by atoms with van der Waals surface area (Å²) >= 11 is 0. The molecular weight excluding hydrogens is 180 g/mol. The van der Waals surface area contributed by atoms with Crippen molar-refractivity contribution in [2.75, 3.05) is 0 Å². The monoisotopic (exact) mass is 193 g/mol. The maximum absolute atomic E-state index is 2.23. The Morgan fingerprint density at radius 2 is 1.67 bits per heavy atom. The van der Waals surface area contributed by atoms with Crippen molar-refractivity contribution in [1.82, 2.24) is 0 Å². The molecule has 0 aliphatic carbocycles. The molecule has 0 saturated carbocycles. The molecule has 0 atom stereocenters. The number of fused-ring (bicyclic) bond motifs is 3. The average Bonchev–Trinajstić information content (AvgIpc) is 2.63. The minimum atomic E-state index is 1.11. The van der Waals surface area contributed by atoms with E-state index in [4.69, 9.17) is 0 Å². The van der Waals surface area contributed by atoms with Gasteiger partial charge < -0.3 is 0 Å². The molecule has 0 spiro atoms. The van der Waals surface area contributed by atoms with Crippen LogP contribution in [0.25, 0.3) is 21.5 Å². The summed E-state index contributed by atoms with van der Waals surface area (Å²) in [6.45, 7) is 2.23. The second-order valence-electron chi connectivity index (χ2n) is 3.92. The van der Waals surface area contributed by atoms with E-state index in [1.807, 2.05) is 0 Å². The molecule has 0 aromatic heterocycles. The molecule has 0 fully saturated rings. The average molecular weight is 193 g/mol. The quantitative estimate of drug-likeness (QED) is 0.506. The predicted octanol–water partition coefficient (Wildman–Crippen LogP) is 4.27. The molecule has 0 aliphatic rings. The Morgan fingerprint density at radius 1 is 0.933 bits per heavy atom. The summed E-state index contributed by atoms with van der Waals surface area (Å²) in [6.07, 6.45) is 1.11. The molecule has 0 nitrogen and oxygen atoms in total. The SMILES string of the molecule is CCc1c2ccccc2[c-]2ccccc12. The van der Waals surface area contributed by atoms with Gasteiger partial charge in [-0.3, -0.25) is 0 Å². The Labute approximate surface area is 89.5 Å². The molecule has 0 bridgehead atoms. The third-order valence-corrected chi connectivity index (χ3v) is 3.15. The normalized spacial score (nSPS) is 11.3. The van der Waals surface area contributed by atoms with E-state index in [0.29, 0.717) is 0 Å². The first-order chi connectivity index (χ1) is 7.42. The molecule has 3 aromatic rings. The van der Waals surface area contributed by atoms with E-state index in [0.717, 1.165) is 6.42 Å². The molecule has 0 heteroatoms. The van der Waals surface area contributed by atoms with E-state index < -0.39 is 0 Å². The van der Waals surface area contributed by atoms with E-state index in [1.54, 1.807) is 0 Å². The van der Waals surface area contributed by atoms with Crippen LogP contribution in [0, 0.1) is 0 Å². The highest BCUT2D eigenvalue weighted by Crippen LogP contribution is 2.33. The summed E-state index contributed by atoms with van der Waals surface area (Å²) in [5.74, 6) is 0. The first-order valence-corrected chi connectivity index (χ1v) is 5.47. The Kier molecular flexibility index (Phi) is 1.81. The number of benzene rings is 2. The van der Waals surface area contributed by atoms with Crippen molar-refractivity contribution in [3.8, 4) is 0 Å². The minimum Gasteiger partial charge on any atom is -0.117 e. The van der Waals surface area contributed by atoms with Crippen LogP contribution in [0.2, 0.25) is 0 Å². The van der Waals surface area contributed by atoms with Crippen molar-refractivity contribution in [3.05, 3.63) is 54.1 Å². The number of hydrogen-bond acceptors (Lipinski definition) is 0. The van der Waals surface area contributed by atoms with Gasteiger partial charge >= 0.3 is 0 Å². The Morgan fingerprint density at radius 3 is 2.53 bits per heavy atom. The van der Waals surface area contributed by atoms with Gasteiger partial charge in [-0.05, 0) is 0 Å². The van der Waals surface area contributed by atoms with Crippen molar-refractivity contribution in [3.63, 3.8) is 0 Å². The van der Waals surface area contributed by atoms with Crippen LogP contribution in [-0.2, 0) is 6.42 Å². The van der Waals surface area contributed by atoms with Gasteiger partial charge in [-0.2, -0.15) is 0 Å². The molecular formula is C15H13-. The van der Waals surface area contributed by atoms with Gasteiger partial charge in [-0.25, -0.2) is 0 Å². The standard InChI is InChI=1S/C15H13/c1-2-11-12-7-3-5-9-14(12)15-10-6-4-8-13(11)15/h3-10H,2H2,1H3/q-1. The summed E-state index contributed by atoms with van der Waals surface area (Å²) < 4.78 is 0. The van der Waals surface area contributed by atoms with Crippen LogP contribution in [0.5, 0.6) is 0 Å². The van der Waals surface area contributed by atoms with Crippen molar-refractivity contribution in [2.45, 2.75) is 13.3 Å². The summed E-state index contributed by atoms with van der Waals surface area (Å²) in [5.41, 5.74) is 1.49. The largest absolute Gasteiger partial charge is 0.117 e. The third kappa shape index (κ3) is 1.11. The summed E-state index contributed by atoms with van der Waals surface area (Å²) in [7, 11) is 0. The van der Waals surface area contributed by atoms with Crippen molar-refractivity contribution in [2.24, 2.45) is 0 Å². The van der Waals surface area contributed by atoms with Crippen LogP contribution >= 0.6 is 0 Å². The van der Waals surface area contributed by atoms with E-state index in [2.05, 4.69) is 55.5 Å². The zero-order chi connectivity index (χ0) is 10.3. The molecule has 0 aliphatic heterocycles. The van der Waals surface area contributed by atoms with E-state index in [9.17, 15) is 0 Å². The molecule has 0 saturated heterocycles. The second-order valence-corrected chi connectivity index (χ2v) is 3.92. The maximum atomic E-state index is 2.23. The second kappa shape index (κ2) is 3.16. The predicted molar refractivity (Wildman–Crippen MR) is 66.4 cm³/mol. The molecule has 0 N–H and O–H groups in total. The molecule has 15 heavy (non-hydrogen) atoms. The van der Waals surface area contributed by atoms with Crippen LogP contribution < -0.4 is 0 Å². The lowest BCUT2D eigenvalue weighted by molar-refractivity contribution is 1.18. The lowest BCUT2D eigenvalue weighted by Crippen LogP contribution is -1.75. The van der Waals surface area contributed by atoms with Crippen molar-refractivity contribution >= 4 is 21.5 Å². The Hall–Kier alpha value is -1.69. The van der Waals surface area contributed by atoms with Crippen LogP contribution in [-0.4, -0.2) is 0 Å². The molecule has 0 heterocycles. The van der Waals surface area contributed by atoms with E-state index >= 15 is 0 Å². The van der Waals surface area contributed by atoms with Crippen molar-refractivity contribution in [1.29, 1.82) is 0 Å². The van der Waals surface area contributed by atoms with Crippen molar-refractivity contribution < 1.29 is 0 Å². The number of rotatable bonds is 1. The maximum Gasteiger partial charge on any atom is -0.0586 e. The molecule has 3 aromatic carbocycles. The highest BCUT2D eigenvalue weighted by Gasteiger charge is 2.01. The summed E-state index contributed by atoms with van der Waals surface area (Å²) in [4.78, 5) is 0. The van der Waals surface area contributed by atoms with E-state index in [-0.39, 0.29) is 0 Å².